The molecule has 0 N–H and O–H groups in total. The number of thiazole rings is 1. The van der Waals surface area contributed by atoms with E-state index in [-0.39, 0.29) is 11.4 Å². The molecule has 3 heterocycles. The van der Waals surface area contributed by atoms with Gasteiger partial charge in [0.15, 0.2) is 5.13 Å². The predicted octanol–water partition coefficient (Wildman–Crippen LogP) is 3.01. The van der Waals surface area contributed by atoms with E-state index in [1.54, 1.807) is 28.9 Å². The van der Waals surface area contributed by atoms with Crippen molar-refractivity contribution >= 4 is 32.6 Å². The Morgan fingerprint density at radius 3 is 2.56 bits per heavy atom. The van der Waals surface area contributed by atoms with Gasteiger partial charge in [-0.05, 0) is 12.1 Å². The molecule has 0 bridgehead atoms. The number of anilines is 1. The minimum Gasteiger partial charge on any atom is -0.345 e. The molecule has 0 atom stereocenters. The molecule has 0 aliphatic carbocycles. The summed E-state index contributed by atoms with van der Waals surface area (Å²) in [6.45, 7) is 2.01. The summed E-state index contributed by atoms with van der Waals surface area (Å²) >= 11 is 1.24. The van der Waals surface area contributed by atoms with E-state index < -0.39 is 11.7 Å². The second-order valence-electron chi connectivity index (χ2n) is 6.33. The molecule has 0 radical (unpaired) electrons. The fourth-order valence-electron chi connectivity index (χ4n) is 3.12. The topological polar surface area (TPSA) is 54.3 Å². The summed E-state index contributed by atoms with van der Waals surface area (Å²) in [5.41, 5.74) is -0.201. The number of alkyl halides is 3. The zero-order valence-electron chi connectivity index (χ0n) is 14.4. The fourth-order valence-corrected chi connectivity index (χ4v) is 4.16. The van der Waals surface area contributed by atoms with Gasteiger partial charge in [-0.3, -0.25) is 9.48 Å². The minimum atomic E-state index is -4.43. The van der Waals surface area contributed by atoms with Gasteiger partial charge in [0.1, 0.15) is 0 Å². The van der Waals surface area contributed by atoms with E-state index in [2.05, 4.69) is 10.1 Å². The molecule has 3 aromatic rings. The fraction of sp³-hybridized carbons (Fsp3) is 0.353. The van der Waals surface area contributed by atoms with Gasteiger partial charge in [0.25, 0.3) is 5.91 Å². The summed E-state index contributed by atoms with van der Waals surface area (Å²) in [6.07, 6.45) is -1.23. The van der Waals surface area contributed by atoms with Crippen LogP contribution >= 0.6 is 11.3 Å². The third kappa shape index (κ3) is 3.36. The van der Waals surface area contributed by atoms with E-state index >= 15 is 0 Å². The lowest BCUT2D eigenvalue weighted by Gasteiger charge is -2.34. The average Bonchev–Trinajstić information content (AvgIpc) is 3.26. The van der Waals surface area contributed by atoms with Crippen molar-refractivity contribution in [2.75, 3.05) is 31.1 Å². The molecule has 1 aromatic carbocycles. The number of fused-ring (bicyclic) bond motifs is 1. The number of para-hydroxylation sites is 1. The lowest BCUT2D eigenvalue weighted by molar-refractivity contribution is -0.136. The first-order chi connectivity index (χ1) is 12.8. The summed E-state index contributed by atoms with van der Waals surface area (Å²) < 4.78 is 41.6. The molecule has 1 saturated heterocycles. The van der Waals surface area contributed by atoms with Crippen molar-refractivity contribution in [2.24, 2.45) is 7.05 Å². The molecule has 1 aliphatic heterocycles. The van der Waals surface area contributed by atoms with Gasteiger partial charge in [0.2, 0.25) is 0 Å². The minimum absolute atomic E-state index is 0.0149. The SMILES string of the molecule is Cn1cc(C(=O)N2CCN(c3nc4c(C(F)(F)F)cccc4s3)CC2)cn1. The van der Waals surface area contributed by atoms with Gasteiger partial charge in [-0.15, -0.1) is 0 Å². The van der Waals surface area contributed by atoms with Crippen LogP contribution in [-0.2, 0) is 13.2 Å². The van der Waals surface area contributed by atoms with Crippen LogP contribution in [0, 0.1) is 0 Å². The van der Waals surface area contributed by atoms with E-state index in [9.17, 15) is 18.0 Å². The maximum Gasteiger partial charge on any atom is 0.418 e. The van der Waals surface area contributed by atoms with E-state index in [4.69, 9.17) is 0 Å². The molecule has 4 rings (SSSR count). The number of amides is 1. The van der Waals surface area contributed by atoms with Crippen LogP contribution in [0.3, 0.4) is 0 Å². The summed E-state index contributed by atoms with van der Waals surface area (Å²) in [4.78, 5) is 20.4. The number of halogens is 3. The van der Waals surface area contributed by atoms with Gasteiger partial charge < -0.3 is 9.80 Å². The van der Waals surface area contributed by atoms with Gasteiger partial charge in [-0.2, -0.15) is 18.3 Å². The zero-order valence-corrected chi connectivity index (χ0v) is 15.2. The molecule has 10 heteroatoms. The number of aryl methyl sites for hydroxylation is 1. The number of nitrogens with zero attached hydrogens (tertiary/aromatic N) is 5. The monoisotopic (exact) mass is 395 g/mol. The number of aromatic nitrogens is 3. The Morgan fingerprint density at radius 2 is 1.93 bits per heavy atom. The molecule has 1 fully saturated rings. The van der Waals surface area contributed by atoms with Crippen molar-refractivity contribution < 1.29 is 18.0 Å². The van der Waals surface area contributed by atoms with Crippen LogP contribution in [0.1, 0.15) is 15.9 Å². The summed E-state index contributed by atoms with van der Waals surface area (Å²) in [5.74, 6) is -0.0913. The Morgan fingerprint density at radius 1 is 1.19 bits per heavy atom. The highest BCUT2D eigenvalue weighted by Crippen LogP contribution is 2.38. The quantitative estimate of drug-likeness (QED) is 0.670. The smallest absolute Gasteiger partial charge is 0.345 e. The van der Waals surface area contributed by atoms with E-state index in [1.165, 1.54) is 23.6 Å². The number of carbonyl (C=O) groups is 1. The molecule has 2 aromatic heterocycles. The normalized spacial score (nSPS) is 15.6. The summed E-state index contributed by atoms with van der Waals surface area (Å²) in [7, 11) is 1.75. The average molecular weight is 395 g/mol. The van der Waals surface area contributed by atoms with Crippen molar-refractivity contribution in [3.8, 4) is 0 Å². The molecule has 6 nitrogen and oxygen atoms in total. The van der Waals surface area contributed by atoms with Crippen LogP contribution in [-0.4, -0.2) is 51.8 Å². The first-order valence-corrected chi connectivity index (χ1v) is 9.14. The van der Waals surface area contributed by atoms with Crippen molar-refractivity contribution in [3.63, 3.8) is 0 Å². The number of rotatable bonds is 2. The highest BCUT2D eigenvalue weighted by atomic mass is 32.1. The summed E-state index contributed by atoms with van der Waals surface area (Å²) in [6, 6.07) is 4.10. The molecular weight excluding hydrogens is 379 g/mol. The van der Waals surface area contributed by atoms with Crippen LogP contribution in [0.25, 0.3) is 10.2 Å². The Bertz CT molecular complexity index is 988. The number of piperazine rings is 1. The van der Waals surface area contributed by atoms with Crippen molar-refractivity contribution in [1.82, 2.24) is 19.7 Å². The van der Waals surface area contributed by atoms with Crippen LogP contribution < -0.4 is 4.90 Å². The molecule has 1 amide bonds. The second kappa shape index (κ2) is 6.52. The van der Waals surface area contributed by atoms with Crippen molar-refractivity contribution in [3.05, 3.63) is 41.7 Å². The van der Waals surface area contributed by atoms with Gasteiger partial charge in [-0.25, -0.2) is 4.98 Å². The lowest BCUT2D eigenvalue weighted by atomic mass is 10.2. The van der Waals surface area contributed by atoms with Crippen LogP contribution in [0.15, 0.2) is 30.6 Å². The van der Waals surface area contributed by atoms with Gasteiger partial charge in [0.05, 0.1) is 27.5 Å². The Hall–Kier alpha value is -2.62. The van der Waals surface area contributed by atoms with E-state index in [0.29, 0.717) is 41.6 Å². The summed E-state index contributed by atoms with van der Waals surface area (Å²) in [5, 5.41) is 4.56. The van der Waals surface area contributed by atoms with Crippen molar-refractivity contribution in [1.29, 1.82) is 0 Å². The number of carbonyl (C=O) groups excluding carboxylic acids is 1. The van der Waals surface area contributed by atoms with Crippen LogP contribution in [0.4, 0.5) is 18.3 Å². The molecular formula is C17H16F3N5OS. The van der Waals surface area contributed by atoms with Crippen molar-refractivity contribution in [2.45, 2.75) is 6.18 Å². The Labute approximate surface area is 156 Å². The number of benzene rings is 1. The first kappa shape index (κ1) is 17.8. The number of hydrogen-bond donors (Lipinski definition) is 0. The van der Waals surface area contributed by atoms with Gasteiger partial charge in [-0.1, -0.05) is 17.4 Å². The molecule has 27 heavy (non-hydrogen) atoms. The van der Waals surface area contributed by atoms with Crippen LogP contribution in [0.2, 0.25) is 0 Å². The van der Waals surface area contributed by atoms with E-state index in [0.717, 1.165) is 6.07 Å². The third-order valence-electron chi connectivity index (χ3n) is 4.50. The Balaban J connectivity index is 1.51. The molecule has 0 unspecified atom stereocenters. The molecule has 0 spiro atoms. The third-order valence-corrected chi connectivity index (χ3v) is 5.58. The largest absolute Gasteiger partial charge is 0.418 e. The standard InChI is InChI=1S/C17H16F3N5OS/c1-23-10-11(9-21-23)15(26)24-5-7-25(8-6-24)16-22-14-12(17(18,19)20)3-2-4-13(14)27-16/h2-4,9-10H,5-8H2,1H3. The highest BCUT2D eigenvalue weighted by molar-refractivity contribution is 7.22. The first-order valence-electron chi connectivity index (χ1n) is 8.32. The highest BCUT2D eigenvalue weighted by Gasteiger charge is 2.34. The van der Waals surface area contributed by atoms with E-state index in [1.807, 2.05) is 4.90 Å². The second-order valence-corrected chi connectivity index (χ2v) is 7.34. The maximum atomic E-state index is 13.2. The van der Waals surface area contributed by atoms with Crippen LogP contribution in [0.5, 0.6) is 0 Å². The van der Waals surface area contributed by atoms with Gasteiger partial charge in [0, 0.05) is 39.4 Å². The Kier molecular flexibility index (Phi) is 4.29. The zero-order chi connectivity index (χ0) is 19.2. The number of hydrogen-bond acceptors (Lipinski definition) is 5. The molecule has 1 aliphatic rings. The predicted molar refractivity (Wildman–Crippen MR) is 95.9 cm³/mol. The lowest BCUT2D eigenvalue weighted by Crippen LogP contribution is -2.48. The maximum absolute atomic E-state index is 13.2. The molecule has 0 saturated carbocycles. The molecule has 142 valence electrons. The van der Waals surface area contributed by atoms with Gasteiger partial charge >= 0.3 is 6.18 Å².